The Balaban J connectivity index is 2.00. The van der Waals surface area contributed by atoms with E-state index in [1.165, 1.54) is 25.5 Å². The topological polar surface area (TPSA) is 71.1 Å². The Hall–Kier alpha value is -1.14. The van der Waals surface area contributed by atoms with Crippen LogP contribution in [-0.2, 0) is 10.0 Å². The van der Waals surface area contributed by atoms with Gasteiger partial charge < -0.3 is 5.32 Å². The van der Waals surface area contributed by atoms with Gasteiger partial charge >= 0.3 is 0 Å². The van der Waals surface area contributed by atoms with Crippen molar-refractivity contribution in [3.8, 4) is 0 Å². The lowest BCUT2D eigenvalue weighted by atomic mass is 9.83. The molecular formula is C12H19N3O2S. The van der Waals surface area contributed by atoms with Gasteiger partial charge in [-0.3, -0.25) is 0 Å². The lowest BCUT2D eigenvalue weighted by Crippen LogP contribution is -2.28. The second-order valence-corrected chi connectivity index (χ2v) is 6.27. The molecule has 6 heteroatoms. The highest BCUT2D eigenvalue weighted by molar-refractivity contribution is 7.89. The number of pyridine rings is 1. The minimum Gasteiger partial charge on any atom is -0.386 e. The van der Waals surface area contributed by atoms with Gasteiger partial charge in [0, 0.05) is 19.8 Å². The van der Waals surface area contributed by atoms with Crippen LogP contribution in [-0.4, -0.2) is 27.0 Å². The fourth-order valence-electron chi connectivity index (χ4n) is 2.04. The Bertz CT molecular complexity index is 498. The highest BCUT2D eigenvalue weighted by Gasteiger charge is 2.21. The highest BCUT2D eigenvalue weighted by atomic mass is 32.2. The minimum atomic E-state index is -3.51. The Morgan fingerprint density at radius 3 is 2.83 bits per heavy atom. The highest BCUT2D eigenvalue weighted by Crippen LogP contribution is 2.29. The van der Waals surface area contributed by atoms with Crippen LogP contribution in [0.25, 0.3) is 0 Å². The summed E-state index contributed by atoms with van der Waals surface area (Å²) in [7, 11) is -1.82. The van der Waals surface area contributed by atoms with Crippen LogP contribution in [0.1, 0.15) is 25.7 Å². The SMILES string of the molecule is CNc1cccnc1S(=O)(=O)NCCC1CCC1. The summed E-state index contributed by atoms with van der Waals surface area (Å²) in [5.74, 6) is 0.695. The summed E-state index contributed by atoms with van der Waals surface area (Å²) in [5, 5.41) is 2.91. The maximum absolute atomic E-state index is 12.1. The van der Waals surface area contributed by atoms with E-state index in [1.807, 2.05) is 0 Å². The van der Waals surface area contributed by atoms with Crippen LogP contribution < -0.4 is 10.0 Å². The first-order valence-corrected chi connectivity index (χ1v) is 7.74. The van der Waals surface area contributed by atoms with Crippen LogP contribution >= 0.6 is 0 Å². The van der Waals surface area contributed by atoms with Gasteiger partial charge in [-0.1, -0.05) is 19.3 Å². The quantitative estimate of drug-likeness (QED) is 0.822. The molecule has 1 saturated carbocycles. The lowest BCUT2D eigenvalue weighted by molar-refractivity contribution is 0.297. The molecule has 0 unspecified atom stereocenters. The predicted molar refractivity (Wildman–Crippen MR) is 70.9 cm³/mol. The predicted octanol–water partition coefficient (Wildman–Crippen LogP) is 1.59. The first kappa shape index (κ1) is 13.3. The van der Waals surface area contributed by atoms with E-state index in [2.05, 4.69) is 15.0 Å². The summed E-state index contributed by atoms with van der Waals surface area (Å²) in [5.41, 5.74) is 0.522. The van der Waals surface area contributed by atoms with Gasteiger partial charge in [0.1, 0.15) is 0 Å². The van der Waals surface area contributed by atoms with E-state index in [4.69, 9.17) is 0 Å². The van der Waals surface area contributed by atoms with E-state index in [0.717, 1.165) is 6.42 Å². The number of nitrogens with one attached hydrogen (secondary N) is 2. The molecule has 1 aromatic heterocycles. The van der Waals surface area contributed by atoms with Crippen molar-refractivity contribution in [3.05, 3.63) is 18.3 Å². The van der Waals surface area contributed by atoms with Gasteiger partial charge in [-0.05, 0) is 24.5 Å². The van der Waals surface area contributed by atoms with Crippen molar-refractivity contribution in [2.24, 2.45) is 5.92 Å². The molecule has 2 rings (SSSR count). The lowest BCUT2D eigenvalue weighted by Gasteiger charge is -2.25. The van der Waals surface area contributed by atoms with Gasteiger partial charge in [-0.2, -0.15) is 0 Å². The molecule has 18 heavy (non-hydrogen) atoms. The molecule has 1 fully saturated rings. The third-order valence-corrected chi connectivity index (χ3v) is 4.78. The maximum Gasteiger partial charge on any atom is 0.260 e. The number of sulfonamides is 1. The smallest absolute Gasteiger partial charge is 0.260 e. The third-order valence-electron chi connectivity index (χ3n) is 3.36. The Morgan fingerprint density at radius 2 is 2.22 bits per heavy atom. The first-order valence-electron chi connectivity index (χ1n) is 6.26. The zero-order chi connectivity index (χ0) is 13.0. The summed E-state index contributed by atoms with van der Waals surface area (Å²) in [6.45, 7) is 0.493. The van der Waals surface area contributed by atoms with Crippen molar-refractivity contribution in [2.75, 3.05) is 18.9 Å². The average molecular weight is 269 g/mol. The first-order chi connectivity index (χ1) is 8.63. The standard InChI is InChI=1S/C12H19N3O2S/c1-13-11-6-3-8-14-12(11)18(16,17)15-9-7-10-4-2-5-10/h3,6,8,10,13,15H,2,4-5,7,9H2,1H3. The maximum atomic E-state index is 12.1. The van der Waals surface area contributed by atoms with Crippen molar-refractivity contribution in [1.29, 1.82) is 0 Å². The third kappa shape index (κ3) is 3.00. The van der Waals surface area contributed by atoms with Gasteiger partial charge in [0.2, 0.25) is 0 Å². The van der Waals surface area contributed by atoms with Crippen LogP contribution in [0.2, 0.25) is 0 Å². The summed E-state index contributed by atoms with van der Waals surface area (Å²) < 4.78 is 26.8. The Kier molecular flexibility index (Phi) is 4.19. The summed E-state index contributed by atoms with van der Waals surface area (Å²) in [6, 6.07) is 3.41. The van der Waals surface area contributed by atoms with Gasteiger partial charge in [-0.25, -0.2) is 18.1 Å². The van der Waals surface area contributed by atoms with Gasteiger partial charge in [0.15, 0.2) is 5.03 Å². The fourth-order valence-corrected chi connectivity index (χ4v) is 3.23. The molecule has 0 spiro atoms. The summed E-state index contributed by atoms with van der Waals surface area (Å²) in [4.78, 5) is 3.94. The average Bonchev–Trinajstić information content (AvgIpc) is 2.32. The van der Waals surface area contributed by atoms with Crippen molar-refractivity contribution < 1.29 is 8.42 Å². The van der Waals surface area contributed by atoms with E-state index in [0.29, 0.717) is 18.2 Å². The molecule has 1 heterocycles. The normalized spacial score (nSPS) is 16.3. The van der Waals surface area contributed by atoms with Crippen LogP contribution in [0, 0.1) is 5.92 Å². The zero-order valence-electron chi connectivity index (χ0n) is 10.5. The van der Waals surface area contributed by atoms with E-state index in [9.17, 15) is 8.42 Å². The molecule has 0 aromatic carbocycles. The summed E-state index contributed by atoms with van der Waals surface area (Å²) in [6.07, 6.45) is 6.14. The van der Waals surface area contributed by atoms with Crippen molar-refractivity contribution in [3.63, 3.8) is 0 Å². The van der Waals surface area contributed by atoms with Gasteiger partial charge in [0.25, 0.3) is 10.0 Å². The molecule has 0 radical (unpaired) electrons. The number of nitrogens with zero attached hydrogens (tertiary/aromatic N) is 1. The van der Waals surface area contributed by atoms with Crippen LogP contribution in [0.3, 0.4) is 0 Å². The molecule has 0 bridgehead atoms. The van der Waals surface area contributed by atoms with Crippen LogP contribution in [0.4, 0.5) is 5.69 Å². The van der Waals surface area contributed by atoms with E-state index < -0.39 is 10.0 Å². The molecule has 1 aromatic rings. The van der Waals surface area contributed by atoms with Crippen LogP contribution in [0.15, 0.2) is 23.4 Å². The van der Waals surface area contributed by atoms with Crippen molar-refractivity contribution >= 4 is 15.7 Å². The van der Waals surface area contributed by atoms with Crippen molar-refractivity contribution in [2.45, 2.75) is 30.7 Å². The number of anilines is 1. The second-order valence-electron chi connectivity index (χ2n) is 4.59. The molecule has 100 valence electrons. The zero-order valence-corrected chi connectivity index (χ0v) is 11.3. The monoisotopic (exact) mass is 269 g/mol. The largest absolute Gasteiger partial charge is 0.386 e. The number of hydrogen-bond donors (Lipinski definition) is 2. The Morgan fingerprint density at radius 1 is 1.44 bits per heavy atom. The van der Waals surface area contributed by atoms with E-state index in [-0.39, 0.29) is 5.03 Å². The van der Waals surface area contributed by atoms with Gasteiger partial charge in [0.05, 0.1) is 5.69 Å². The number of hydrogen-bond acceptors (Lipinski definition) is 4. The minimum absolute atomic E-state index is 0.0705. The molecule has 0 amide bonds. The molecular weight excluding hydrogens is 250 g/mol. The molecule has 2 N–H and O–H groups in total. The Labute approximate surface area is 108 Å². The second kappa shape index (κ2) is 5.67. The van der Waals surface area contributed by atoms with Crippen molar-refractivity contribution in [1.82, 2.24) is 9.71 Å². The van der Waals surface area contributed by atoms with E-state index >= 15 is 0 Å². The van der Waals surface area contributed by atoms with Gasteiger partial charge in [-0.15, -0.1) is 0 Å². The molecule has 0 saturated heterocycles. The molecule has 5 nitrogen and oxygen atoms in total. The molecule has 0 aliphatic heterocycles. The molecule has 0 atom stereocenters. The molecule has 1 aliphatic rings. The fraction of sp³-hybridized carbons (Fsp3) is 0.583. The number of rotatable bonds is 6. The number of aromatic nitrogens is 1. The molecule has 1 aliphatic carbocycles. The van der Waals surface area contributed by atoms with E-state index in [1.54, 1.807) is 19.2 Å². The van der Waals surface area contributed by atoms with Crippen LogP contribution in [0.5, 0.6) is 0 Å². The summed E-state index contributed by atoms with van der Waals surface area (Å²) >= 11 is 0.